The first-order valence-corrected chi connectivity index (χ1v) is 7.69. The van der Waals surface area contributed by atoms with Crippen LogP contribution in [0.4, 0.5) is 0 Å². The number of aryl methyl sites for hydroxylation is 1. The zero-order valence-corrected chi connectivity index (χ0v) is 12.9. The average Bonchev–Trinajstić information content (AvgIpc) is 3.14. The highest BCUT2D eigenvalue weighted by atomic mass is 16.6. The van der Waals surface area contributed by atoms with Crippen molar-refractivity contribution in [1.29, 1.82) is 0 Å². The van der Waals surface area contributed by atoms with Crippen molar-refractivity contribution in [1.82, 2.24) is 9.55 Å². The molecule has 0 aliphatic heterocycles. The zero-order chi connectivity index (χ0) is 15.7. The lowest BCUT2D eigenvalue weighted by molar-refractivity contribution is 0.143. The van der Waals surface area contributed by atoms with Crippen molar-refractivity contribution in [2.75, 3.05) is 6.61 Å². The van der Waals surface area contributed by atoms with Crippen LogP contribution in [0.25, 0.3) is 5.69 Å². The van der Waals surface area contributed by atoms with E-state index in [1.165, 1.54) is 5.56 Å². The number of aromatic nitrogens is 2. The van der Waals surface area contributed by atoms with Gasteiger partial charge in [-0.1, -0.05) is 47.6 Å². The van der Waals surface area contributed by atoms with Crippen LogP contribution in [-0.2, 0) is 11.3 Å². The number of hydrogen-bond acceptors (Lipinski definition) is 3. The molecule has 3 aromatic rings. The zero-order valence-electron chi connectivity index (χ0n) is 12.9. The molecule has 0 saturated heterocycles. The molecule has 0 saturated carbocycles. The summed E-state index contributed by atoms with van der Waals surface area (Å²) in [7, 11) is 0. The summed E-state index contributed by atoms with van der Waals surface area (Å²) in [6, 6.07) is 18.5. The second-order valence-corrected chi connectivity index (χ2v) is 5.22. The molecular formula is C19H19N3O. The number of benzene rings is 2. The molecule has 0 amide bonds. The maximum atomic E-state index is 5.32. The van der Waals surface area contributed by atoms with Gasteiger partial charge in [-0.25, -0.2) is 4.98 Å². The van der Waals surface area contributed by atoms with E-state index < -0.39 is 0 Å². The van der Waals surface area contributed by atoms with Crippen molar-refractivity contribution in [2.45, 2.75) is 12.8 Å². The molecule has 0 radical (unpaired) electrons. The maximum Gasteiger partial charge on any atom is 0.117 e. The molecule has 0 atom stereocenters. The van der Waals surface area contributed by atoms with Gasteiger partial charge in [-0.05, 0) is 36.1 Å². The molecule has 0 fully saturated rings. The van der Waals surface area contributed by atoms with Crippen molar-refractivity contribution in [3.05, 3.63) is 84.4 Å². The first-order valence-electron chi connectivity index (χ1n) is 7.69. The minimum Gasteiger partial charge on any atom is -0.396 e. The van der Waals surface area contributed by atoms with Crippen molar-refractivity contribution in [3.63, 3.8) is 0 Å². The van der Waals surface area contributed by atoms with E-state index in [4.69, 9.17) is 4.84 Å². The van der Waals surface area contributed by atoms with Gasteiger partial charge in [0.15, 0.2) is 0 Å². The van der Waals surface area contributed by atoms with E-state index in [0.29, 0.717) is 6.61 Å². The SMILES string of the molecule is C(=NOCCCc1ccccc1)c1ccc(-n2ccnc2)cc1. The predicted molar refractivity (Wildman–Crippen MR) is 91.9 cm³/mol. The summed E-state index contributed by atoms with van der Waals surface area (Å²) in [6.45, 7) is 0.624. The first-order chi connectivity index (χ1) is 11.4. The Kier molecular flexibility index (Phi) is 5.19. The summed E-state index contributed by atoms with van der Waals surface area (Å²) in [4.78, 5) is 9.35. The average molecular weight is 305 g/mol. The van der Waals surface area contributed by atoms with Gasteiger partial charge >= 0.3 is 0 Å². The smallest absolute Gasteiger partial charge is 0.117 e. The third-order valence-electron chi connectivity index (χ3n) is 3.52. The van der Waals surface area contributed by atoms with Gasteiger partial charge in [-0.2, -0.15) is 0 Å². The molecule has 3 rings (SSSR count). The van der Waals surface area contributed by atoms with Crippen molar-refractivity contribution < 1.29 is 4.84 Å². The molecule has 4 nitrogen and oxygen atoms in total. The number of rotatable bonds is 7. The fourth-order valence-electron chi connectivity index (χ4n) is 2.28. The van der Waals surface area contributed by atoms with E-state index in [1.807, 2.05) is 41.1 Å². The van der Waals surface area contributed by atoms with Gasteiger partial charge in [0.2, 0.25) is 0 Å². The first kappa shape index (κ1) is 15.0. The van der Waals surface area contributed by atoms with Crippen LogP contribution >= 0.6 is 0 Å². The minimum atomic E-state index is 0.624. The van der Waals surface area contributed by atoms with Gasteiger partial charge in [0.1, 0.15) is 6.61 Å². The molecular weight excluding hydrogens is 286 g/mol. The van der Waals surface area contributed by atoms with Crippen molar-refractivity contribution in [3.8, 4) is 5.69 Å². The van der Waals surface area contributed by atoms with Gasteiger partial charge < -0.3 is 9.40 Å². The molecule has 2 aromatic carbocycles. The Morgan fingerprint density at radius 2 is 1.87 bits per heavy atom. The standard InChI is InChI=1S/C19H19N3O/c1-2-5-17(6-3-1)7-4-14-23-21-15-18-8-10-19(11-9-18)22-13-12-20-16-22/h1-3,5-6,8-13,15-16H,4,7,14H2. The van der Waals surface area contributed by atoms with Crippen LogP contribution < -0.4 is 0 Å². The van der Waals surface area contributed by atoms with Crippen LogP contribution in [0.2, 0.25) is 0 Å². The predicted octanol–water partition coefficient (Wildman–Crippen LogP) is 3.86. The summed E-state index contributed by atoms with van der Waals surface area (Å²) in [5, 5.41) is 4.02. The summed E-state index contributed by atoms with van der Waals surface area (Å²) < 4.78 is 1.96. The van der Waals surface area contributed by atoms with Crippen LogP contribution in [0.1, 0.15) is 17.5 Å². The van der Waals surface area contributed by atoms with Crippen LogP contribution in [0.3, 0.4) is 0 Å². The molecule has 0 aliphatic rings. The Labute approximate surface area is 136 Å². The molecule has 0 spiro atoms. The van der Waals surface area contributed by atoms with Crippen molar-refractivity contribution >= 4 is 6.21 Å². The van der Waals surface area contributed by atoms with Crippen LogP contribution in [0.15, 0.2) is 78.5 Å². The Morgan fingerprint density at radius 3 is 2.61 bits per heavy atom. The third kappa shape index (κ3) is 4.54. The molecule has 116 valence electrons. The molecule has 1 heterocycles. The van der Waals surface area contributed by atoms with Crippen molar-refractivity contribution in [2.24, 2.45) is 5.16 Å². The van der Waals surface area contributed by atoms with E-state index in [2.05, 4.69) is 34.4 Å². The Bertz CT molecular complexity index is 719. The summed E-state index contributed by atoms with van der Waals surface area (Å²) in [5.41, 5.74) is 3.41. The van der Waals surface area contributed by atoms with Gasteiger partial charge in [0, 0.05) is 18.1 Å². The Hall–Kier alpha value is -2.88. The Morgan fingerprint density at radius 1 is 1.04 bits per heavy atom. The van der Waals surface area contributed by atoms with E-state index in [9.17, 15) is 0 Å². The number of oxime groups is 1. The van der Waals surface area contributed by atoms with Gasteiger partial charge in [0.25, 0.3) is 0 Å². The molecule has 4 heteroatoms. The second-order valence-electron chi connectivity index (χ2n) is 5.22. The molecule has 0 bridgehead atoms. The highest BCUT2D eigenvalue weighted by molar-refractivity contribution is 5.79. The molecule has 23 heavy (non-hydrogen) atoms. The molecule has 1 aromatic heterocycles. The lowest BCUT2D eigenvalue weighted by Crippen LogP contribution is -1.93. The van der Waals surface area contributed by atoms with E-state index in [0.717, 1.165) is 24.1 Å². The fourth-order valence-corrected chi connectivity index (χ4v) is 2.28. The Balaban J connectivity index is 1.41. The monoisotopic (exact) mass is 305 g/mol. The number of hydrogen-bond donors (Lipinski definition) is 0. The fraction of sp³-hybridized carbons (Fsp3) is 0.158. The van der Waals surface area contributed by atoms with Gasteiger partial charge in [0.05, 0.1) is 12.5 Å². The second kappa shape index (κ2) is 7.94. The topological polar surface area (TPSA) is 39.4 Å². The summed E-state index contributed by atoms with van der Waals surface area (Å²) >= 11 is 0. The van der Waals surface area contributed by atoms with E-state index in [1.54, 1.807) is 18.7 Å². The summed E-state index contributed by atoms with van der Waals surface area (Å²) in [5.74, 6) is 0. The minimum absolute atomic E-state index is 0.624. The van der Waals surface area contributed by atoms with Gasteiger partial charge in [-0.15, -0.1) is 0 Å². The van der Waals surface area contributed by atoms with Crippen LogP contribution in [0.5, 0.6) is 0 Å². The molecule has 0 unspecified atom stereocenters. The summed E-state index contributed by atoms with van der Waals surface area (Å²) in [6.07, 6.45) is 9.16. The number of imidazole rings is 1. The van der Waals surface area contributed by atoms with E-state index in [-0.39, 0.29) is 0 Å². The lowest BCUT2D eigenvalue weighted by atomic mass is 10.1. The van der Waals surface area contributed by atoms with Crippen LogP contribution in [-0.4, -0.2) is 22.4 Å². The quantitative estimate of drug-likeness (QED) is 0.378. The van der Waals surface area contributed by atoms with Gasteiger partial charge in [-0.3, -0.25) is 0 Å². The normalized spacial score (nSPS) is 11.0. The number of nitrogens with zero attached hydrogens (tertiary/aromatic N) is 3. The third-order valence-corrected chi connectivity index (χ3v) is 3.52. The molecule has 0 N–H and O–H groups in total. The van der Waals surface area contributed by atoms with E-state index >= 15 is 0 Å². The lowest BCUT2D eigenvalue weighted by Gasteiger charge is -2.02. The highest BCUT2D eigenvalue weighted by Crippen LogP contribution is 2.08. The molecule has 0 aliphatic carbocycles. The highest BCUT2D eigenvalue weighted by Gasteiger charge is 1.95. The van der Waals surface area contributed by atoms with Crippen LogP contribution in [0, 0.1) is 0 Å². The largest absolute Gasteiger partial charge is 0.396 e. The maximum absolute atomic E-state index is 5.32.